The molecule has 0 bridgehead atoms. The predicted octanol–water partition coefficient (Wildman–Crippen LogP) is 2.59. The van der Waals surface area contributed by atoms with Crippen LogP contribution in [0.5, 0.6) is 5.75 Å². The molecule has 110 valence electrons. The lowest BCUT2D eigenvalue weighted by Crippen LogP contribution is -2.45. The van der Waals surface area contributed by atoms with Gasteiger partial charge in [0.15, 0.2) is 0 Å². The average Bonchev–Trinajstić information content (AvgIpc) is 2.48. The van der Waals surface area contributed by atoms with Crippen molar-refractivity contribution in [3.05, 3.63) is 27.3 Å². The highest BCUT2D eigenvalue weighted by Gasteiger charge is 2.31. The topological polar surface area (TPSA) is 66.6 Å². The number of aromatic hydroxyl groups is 1. The first-order valence-electron chi connectivity index (χ1n) is 7.00. The zero-order valence-electron chi connectivity index (χ0n) is 11.7. The number of hydrogen-bond donors (Lipinski definition) is 2. The average molecular weight is 388 g/mol. The van der Waals surface area contributed by atoms with Crippen molar-refractivity contribution in [1.29, 1.82) is 0 Å². The molecule has 1 amide bonds. The lowest BCUT2D eigenvalue weighted by Gasteiger charge is -2.37. The molecule has 1 aliphatic carbocycles. The van der Waals surface area contributed by atoms with Gasteiger partial charge in [0.2, 0.25) is 0 Å². The van der Waals surface area contributed by atoms with E-state index in [0.717, 1.165) is 22.8 Å². The van der Waals surface area contributed by atoms with Crippen LogP contribution in [0.4, 0.5) is 0 Å². The standard InChI is InChI=1S/C15H21IN2O2/c1-18(13-5-3-2-4-10(13)9-17)15(20)12-8-11(16)6-7-14(12)19/h6-8,10,13,19H,2-5,9,17H2,1H3. The highest BCUT2D eigenvalue weighted by molar-refractivity contribution is 14.1. The first kappa shape index (κ1) is 15.6. The van der Waals surface area contributed by atoms with Crippen LogP contribution >= 0.6 is 22.6 Å². The number of benzene rings is 1. The number of hydrogen-bond acceptors (Lipinski definition) is 3. The first-order chi connectivity index (χ1) is 9.54. The van der Waals surface area contributed by atoms with E-state index in [0.29, 0.717) is 18.0 Å². The second-order valence-corrected chi connectivity index (χ2v) is 6.67. The second kappa shape index (κ2) is 6.76. The van der Waals surface area contributed by atoms with Crippen LogP contribution in [0.3, 0.4) is 0 Å². The summed E-state index contributed by atoms with van der Waals surface area (Å²) in [5, 5.41) is 9.90. The molecule has 0 aliphatic heterocycles. The molecule has 0 radical (unpaired) electrons. The van der Waals surface area contributed by atoms with Crippen molar-refractivity contribution in [3.8, 4) is 5.75 Å². The van der Waals surface area contributed by atoms with Gasteiger partial charge < -0.3 is 15.7 Å². The molecule has 2 atom stereocenters. The zero-order chi connectivity index (χ0) is 14.7. The number of phenolic OH excluding ortho intramolecular Hbond substituents is 1. The number of carbonyl (C=O) groups is 1. The number of phenols is 1. The number of nitrogens with two attached hydrogens (primary N) is 1. The Morgan fingerprint density at radius 2 is 2.15 bits per heavy atom. The van der Waals surface area contributed by atoms with Crippen molar-refractivity contribution in [2.75, 3.05) is 13.6 Å². The van der Waals surface area contributed by atoms with Gasteiger partial charge in [-0.15, -0.1) is 0 Å². The summed E-state index contributed by atoms with van der Waals surface area (Å²) < 4.78 is 0.941. The number of carbonyl (C=O) groups excluding carboxylic acids is 1. The highest BCUT2D eigenvalue weighted by Crippen LogP contribution is 2.29. The van der Waals surface area contributed by atoms with Gasteiger partial charge in [0.1, 0.15) is 5.75 Å². The predicted molar refractivity (Wildman–Crippen MR) is 87.7 cm³/mol. The van der Waals surface area contributed by atoms with Gasteiger partial charge in [-0.3, -0.25) is 4.79 Å². The molecule has 4 nitrogen and oxygen atoms in total. The molecule has 5 heteroatoms. The highest BCUT2D eigenvalue weighted by atomic mass is 127. The molecule has 0 spiro atoms. The minimum atomic E-state index is -0.119. The molecule has 0 heterocycles. The molecule has 1 aromatic rings. The Labute approximate surface area is 133 Å². The molecule has 1 saturated carbocycles. The molecular formula is C15H21IN2O2. The van der Waals surface area contributed by atoms with Gasteiger partial charge in [0, 0.05) is 16.7 Å². The molecule has 2 unspecified atom stereocenters. The lowest BCUT2D eigenvalue weighted by atomic mass is 9.83. The third kappa shape index (κ3) is 3.25. The summed E-state index contributed by atoms with van der Waals surface area (Å²) in [7, 11) is 1.82. The van der Waals surface area contributed by atoms with Gasteiger partial charge in [-0.05, 0) is 66.1 Å². The monoisotopic (exact) mass is 388 g/mol. The smallest absolute Gasteiger partial charge is 0.257 e. The van der Waals surface area contributed by atoms with Crippen LogP contribution in [0, 0.1) is 9.49 Å². The van der Waals surface area contributed by atoms with E-state index in [1.807, 2.05) is 7.05 Å². The van der Waals surface area contributed by atoms with Crippen molar-refractivity contribution in [1.82, 2.24) is 4.90 Å². The normalized spacial score (nSPS) is 22.6. The van der Waals surface area contributed by atoms with E-state index in [-0.39, 0.29) is 17.7 Å². The second-order valence-electron chi connectivity index (χ2n) is 5.43. The Balaban J connectivity index is 2.21. The zero-order valence-corrected chi connectivity index (χ0v) is 13.8. The molecule has 2 rings (SSSR count). The lowest BCUT2D eigenvalue weighted by molar-refractivity contribution is 0.0617. The van der Waals surface area contributed by atoms with Crippen LogP contribution in [-0.4, -0.2) is 35.5 Å². The summed E-state index contributed by atoms with van der Waals surface area (Å²) in [6.07, 6.45) is 4.40. The van der Waals surface area contributed by atoms with E-state index in [9.17, 15) is 9.90 Å². The molecular weight excluding hydrogens is 367 g/mol. The van der Waals surface area contributed by atoms with Gasteiger partial charge in [-0.1, -0.05) is 12.8 Å². The van der Waals surface area contributed by atoms with Crippen LogP contribution in [0.25, 0.3) is 0 Å². The molecule has 1 aromatic carbocycles. The van der Waals surface area contributed by atoms with Gasteiger partial charge >= 0.3 is 0 Å². The summed E-state index contributed by atoms with van der Waals surface area (Å²) in [5.41, 5.74) is 6.21. The van der Waals surface area contributed by atoms with Gasteiger partial charge in [0.05, 0.1) is 5.56 Å². The summed E-state index contributed by atoms with van der Waals surface area (Å²) in [5.74, 6) is 0.288. The summed E-state index contributed by atoms with van der Waals surface area (Å²) in [4.78, 5) is 14.4. The van der Waals surface area contributed by atoms with Crippen LogP contribution in [0.15, 0.2) is 18.2 Å². The maximum absolute atomic E-state index is 12.6. The Bertz CT molecular complexity index is 493. The minimum Gasteiger partial charge on any atom is -0.507 e. The van der Waals surface area contributed by atoms with E-state index < -0.39 is 0 Å². The number of halogens is 1. The fourth-order valence-corrected chi connectivity index (χ4v) is 3.48. The van der Waals surface area contributed by atoms with E-state index in [4.69, 9.17) is 5.73 Å². The third-order valence-corrected chi connectivity index (χ3v) is 4.85. The van der Waals surface area contributed by atoms with Crippen molar-refractivity contribution in [2.24, 2.45) is 11.7 Å². The van der Waals surface area contributed by atoms with Crippen molar-refractivity contribution in [2.45, 2.75) is 31.7 Å². The maximum atomic E-state index is 12.6. The van der Waals surface area contributed by atoms with E-state index >= 15 is 0 Å². The molecule has 0 aromatic heterocycles. The Hall–Kier alpha value is -0.820. The van der Waals surface area contributed by atoms with E-state index in [1.54, 1.807) is 23.1 Å². The minimum absolute atomic E-state index is 0.0439. The van der Waals surface area contributed by atoms with Gasteiger partial charge in [-0.2, -0.15) is 0 Å². The summed E-state index contributed by atoms with van der Waals surface area (Å²) >= 11 is 2.14. The van der Waals surface area contributed by atoms with E-state index in [2.05, 4.69) is 22.6 Å². The van der Waals surface area contributed by atoms with Gasteiger partial charge in [0.25, 0.3) is 5.91 Å². The quantitative estimate of drug-likeness (QED) is 0.783. The number of nitrogens with zero attached hydrogens (tertiary/aromatic N) is 1. The molecule has 1 fully saturated rings. The fourth-order valence-electron chi connectivity index (χ4n) is 2.99. The molecule has 20 heavy (non-hydrogen) atoms. The van der Waals surface area contributed by atoms with E-state index in [1.165, 1.54) is 6.42 Å². The van der Waals surface area contributed by atoms with Crippen molar-refractivity contribution < 1.29 is 9.90 Å². The van der Waals surface area contributed by atoms with Gasteiger partial charge in [-0.25, -0.2) is 0 Å². The Morgan fingerprint density at radius 3 is 2.85 bits per heavy atom. The molecule has 3 N–H and O–H groups in total. The summed E-state index contributed by atoms with van der Waals surface area (Å²) in [6, 6.07) is 5.27. The molecule has 0 saturated heterocycles. The fraction of sp³-hybridized carbons (Fsp3) is 0.533. The molecule has 1 aliphatic rings. The Morgan fingerprint density at radius 1 is 1.45 bits per heavy atom. The number of rotatable bonds is 3. The van der Waals surface area contributed by atoms with Crippen LogP contribution < -0.4 is 5.73 Å². The maximum Gasteiger partial charge on any atom is 0.257 e. The van der Waals surface area contributed by atoms with Crippen LogP contribution in [0.2, 0.25) is 0 Å². The van der Waals surface area contributed by atoms with Crippen LogP contribution in [-0.2, 0) is 0 Å². The third-order valence-electron chi connectivity index (χ3n) is 4.18. The summed E-state index contributed by atoms with van der Waals surface area (Å²) in [6.45, 7) is 0.612. The number of amides is 1. The first-order valence-corrected chi connectivity index (χ1v) is 8.08. The Kier molecular flexibility index (Phi) is 5.26. The van der Waals surface area contributed by atoms with Crippen LogP contribution in [0.1, 0.15) is 36.0 Å². The van der Waals surface area contributed by atoms with Crippen molar-refractivity contribution in [3.63, 3.8) is 0 Å². The van der Waals surface area contributed by atoms with Crippen molar-refractivity contribution >= 4 is 28.5 Å². The largest absolute Gasteiger partial charge is 0.507 e. The SMILES string of the molecule is CN(C(=O)c1cc(I)ccc1O)C1CCCCC1CN.